The number of hydrogen-bond donors (Lipinski definition) is 1. The highest BCUT2D eigenvalue weighted by molar-refractivity contribution is 7.98. The molecule has 0 spiro atoms. The van der Waals surface area contributed by atoms with Crippen molar-refractivity contribution >= 4 is 23.4 Å². The number of ether oxygens (including phenoxy) is 1. The van der Waals surface area contributed by atoms with E-state index in [4.69, 9.17) is 4.74 Å². The van der Waals surface area contributed by atoms with Crippen molar-refractivity contribution < 1.29 is 9.53 Å². The molecule has 0 saturated heterocycles. The highest BCUT2D eigenvalue weighted by Crippen LogP contribution is 2.23. The van der Waals surface area contributed by atoms with Gasteiger partial charge in [0.05, 0.1) is 0 Å². The molecule has 3 aromatic carbocycles. The molecule has 138 valence electrons. The summed E-state index contributed by atoms with van der Waals surface area (Å²) >= 11 is 1.79. The third kappa shape index (κ3) is 5.90. The lowest BCUT2D eigenvalue weighted by Gasteiger charge is -2.15. The molecule has 3 aromatic rings. The molecule has 27 heavy (non-hydrogen) atoms. The van der Waals surface area contributed by atoms with Crippen molar-refractivity contribution in [3.05, 3.63) is 90.0 Å². The van der Waals surface area contributed by atoms with Gasteiger partial charge in [-0.25, -0.2) is 0 Å². The van der Waals surface area contributed by atoms with E-state index < -0.39 is 6.10 Å². The standard InChI is InChI=1S/C23H23NO2S/c1-17-7-6-8-21(15-17)26-18(2)23(25)24-20-13-11-19(12-14-20)16-27-22-9-4-3-5-10-22/h3-15,18H,16H2,1-2H3,(H,24,25)/t18-/m0/s1. The van der Waals surface area contributed by atoms with Crippen LogP contribution in [0.2, 0.25) is 0 Å². The molecule has 1 amide bonds. The molecule has 0 unspecified atom stereocenters. The van der Waals surface area contributed by atoms with E-state index in [0.717, 1.165) is 17.0 Å². The Hall–Kier alpha value is -2.72. The number of amides is 1. The van der Waals surface area contributed by atoms with Crippen LogP contribution in [0.15, 0.2) is 83.8 Å². The zero-order chi connectivity index (χ0) is 19.1. The number of anilines is 1. The van der Waals surface area contributed by atoms with Gasteiger partial charge >= 0.3 is 0 Å². The summed E-state index contributed by atoms with van der Waals surface area (Å²) in [7, 11) is 0. The van der Waals surface area contributed by atoms with Gasteiger partial charge in [-0.15, -0.1) is 11.8 Å². The van der Waals surface area contributed by atoms with Crippen molar-refractivity contribution in [3.8, 4) is 5.75 Å². The Morgan fingerprint density at radius 3 is 2.44 bits per heavy atom. The first-order valence-electron chi connectivity index (χ1n) is 8.91. The van der Waals surface area contributed by atoms with E-state index in [1.165, 1.54) is 10.5 Å². The molecule has 4 heteroatoms. The van der Waals surface area contributed by atoms with Crippen LogP contribution in [0.25, 0.3) is 0 Å². The molecular formula is C23H23NO2S. The van der Waals surface area contributed by atoms with E-state index in [9.17, 15) is 4.79 Å². The van der Waals surface area contributed by atoms with Crippen molar-refractivity contribution in [2.45, 2.75) is 30.6 Å². The highest BCUT2D eigenvalue weighted by atomic mass is 32.2. The third-order valence-electron chi connectivity index (χ3n) is 4.04. The van der Waals surface area contributed by atoms with Gasteiger partial charge < -0.3 is 10.1 Å². The summed E-state index contributed by atoms with van der Waals surface area (Å²) in [6, 6.07) is 25.9. The molecule has 1 atom stereocenters. The first-order chi connectivity index (χ1) is 13.1. The highest BCUT2D eigenvalue weighted by Gasteiger charge is 2.15. The van der Waals surface area contributed by atoms with E-state index in [1.807, 2.05) is 73.7 Å². The van der Waals surface area contributed by atoms with Crippen molar-refractivity contribution in [2.24, 2.45) is 0 Å². The summed E-state index contributed by atoms with van der Waals surface area (Å²) < 4.78 is 5.73. The molecule has 0 saturated carbocycles. The molecule has 0 heterocycles. The molecule has 3 rings (SSSR count). The normalized spacial score (nSPS) is 11.6. The number of aryl methyl sites for hydroxylation is 1. The summed E-state index contributed by atoms with van der Waals surface area (Å²) in [5, 5.41) is 2.91. The fraction of sp³-hybridized carbons (Fsp3) is 0.174. The van der Waals surface area contributed by atoms with Crippen LogP contribution < -0.4 is 10.1 Å². The second kappa shape index (κ2) is 9.28. The lowest BCUT2D eigenvalue weighted by Crippen LogP contribution is -2.30. The smallest absolute Gasteiger partial charge is 0.265 e. The molecular weight excluding hydrogens is 354 g/mol. The number of benzene rings is 3. The molecule has 3 nitrogen and oxygen atoms in total. The maximum atomic E-state index is 12.4. The van der Waals surface area contributed by atoms with Crippen LogP contribution in [0.5, 0.6) is 5.75 Å². The van der Waals surface area contributed by atoms with E-state index in [-0.39, 0.29) is 5.91 Å². The van der Waals surface area contributed by atoms with Gasteiger partial charge in [0.1, 0.15) is 5.75 Å². The van der Waals surface area contributed by atoms with Crippen LogP contribution in [0.4, 0.5) is 5.69 Å². The Bertz CT molecular complexity index is 878. The maximum absolute atomic E-state index is 12.4. The summed E-state index contributed by atoms with van der Waals surface area (Å²) in [6.07, 6.45) is -0.569. The maximum Gasteiger partial charge on any atom is 0.265 e. The predicted molar refractivity (Wildman–Crippen MR) is 112 cm³/mol. The molecule has 0 bridgehead atoms. The lowest BCUT2D eigenvalue weighted by molar-refractivity contribution is -0.122. The van der Waals surface area contributed by atoms with Gasteiger partial charge in [-0.3, -0.25) is 4.79 Å². The molecule has 1 N–H and O–H groups in total. The van der Waals surface area contributed by atoms with Crippen LogP contribution >= 0.6 is 11.8 Å². The van der Waals surface area contributed by atoms with E-state index in [2.05, 4.69) is 17.4 Å². The zero-order valence-corrected chi connectivity index (χ0v) is 16.3. The zero-order valence-electron chi connectivity index (χ0n) is 15.5. The molecule has 0 aliphatic heterocycles. The summed E-state index contributed by atoms with van der Waals surface area (Å²) in [5.41, 5.74) is 3.09. The van der Waals surface area contributed by atoms with Crippen LogP contribution in [0.3, 0.4) is 0 Å². The summed E-state index contributed by atoms with van der Waals surface area (Å²) in [6.45, 7) is 3.75. The quantitative estimate of drug-likeness (QED) is 0.537. The van der Waals surface area contributed by atoms with Gasteiger partial charge in [0, 0.05) is 16.3 Å². The fourth-order valence-electron chi connectivity index (χ4n) is 2.56. The number of nitrogens with one attached hydrogen (secondary N) is 1. The predicted octanol–water partition coefficient (Wildman–Crippen LogP) is 5.69. The average molecular weight is 378 g/mol. The summed E-state index contributed by atoms with van der Waals surface area (Å²) in [4.78, 5) is 13.6. The Kier molecular flexibility index (Phi) is 6.55. The molecule has 0 fully saturated rings. The number of carbonyl (C=O) groups excluding carboxylic acids is 1. The van der Waals surface area contributed by atoms with Gasteiger partial charge in [0.25, 0.3) is 5.91 Å². The van der Waals surface area contributed by atoms with Crippen LogP contribution in [0.1, 0.15) is 18.1 Å². The topological polar surface area (TPSA) is 38.3 Å². The minimum absolute atomic E-state index is 0.164. The van der Waals surface area contributed by atoms with Crippen LogP contribution in [-0.2, 0) is 10.5 Å². The molecule has 0 aliphatic rings. The van der Waals surface area contributed by atoms with Crippen molar-refractivity contribution in [1.29, 1.82) is 0 Å². The fourth-order valence-corrected chi connectivity index (χ4v) is 3.43. The second-order valence-electron chi connectivity index (χ2n) is 6.36. The van der Waals surface area contributed by atoms with Crippen LogP contribution in [0, 0.1) is 6.92 Å². The van der Waals surface area contributed by atoms with E-state index >= 15 is 0 Å². The number of rotatable bonds is 7. The third-order valence-corrected chi connectivity index (χ3v) is 5.12. The Morgan fingerprint density at radius 2 is 1.74 bits per heavy atom. The lowest BCUT2D eigenvalue weighted by atomic mass is 10.2. The second-order valence-corrected chi connectivity index (χ2v) is 7.41. The average Bonchev–Trinajstić information content (AvgIpc) is 2.68. The van der Waals surface area contributed by atoms with Crippen molar-refractivity contribution in [2.75, 3.05) is 5.32 Å². The van der Waals surface area contributed by atoms with E-state index in [0.29, 0.717) is 5.75 Å². The Labute approximate surface area is 164 Å². The molecule has 0 aromatic heterocycles. The van der Waals surface area contributed by atoms with Gasteiger partial charge in [0.15, 0.2) is 6.10 Å². The van der Waals surface area contributed by atoms with Gasteiger partial charge in [-0.1, -0.05) is 42.5 Å². The number of thioether (sulfide) groups is 1. The SMILES string of the molecule is Cc1cccc(O[C@@H](C)C(=O)Nc2ccc(CSc3ccccc3)cc2)c1. The van der Waals surface area contributed by atoms with Crippen LogP contribution in [-0.4, -0.2) is 12.0 Å². The van der Waals surface area contributed by atoms with Crippen molar-refractivity contribution in [3.63, 3.8) is 0 Å². The summed E-state index contributed by atoms with van der Waals surface area (Å²) in [5.74, 6) is 1.43. The van der Waals surface area contributed by atoms with Gasteiger partial charge in [0.2, 0.25) is 0 Å². The number of carbonyl (C=O) groups is 1. The number of hydrogen-bond acceptors (Lipinski definition) is 3. The Morgan fingerprint density at radius 1 is 1.00 bits per heavy atom. The van der Waals surface area contributed by atoms with Gasteiger partial charge in [-0.2, -0.15) is 0 Å². The first kappa shape index (κ1) is 19.1. The van der Waals surface area contributed by atoms with Gasteiger partial charge in [-0.05, 0) is 61.4 Å². The van der Waals surface area contributed by atoms with Crippen molar-refractivity contribution in [1.82, 2.24) is 0 Å². The monoisotopic (exact) mass is 377 g/mol. The largest absolute Gasteiger partial charge is 0.481 e. The molecule has 0 aliphatic carbocycles. The molecule has 0 radical (unpaired) electrons. The Balaban J connectivity index is 1.51. The minimum Gasteiger partial charge on any atom is -0.481 e. The minimum atomic E-state index is -0.569. The van der Waals surface area contributed by atoms with E-state index in [1.54, 1.807) is 18.7 Å². The first-order valence-corrected chi connectivity index (χ1v) is 9.90.